The number of aromatic nitrogens is 2. The lowest BCUT2D eigenvalue weighted by molar-refractivity contribution is -0.137. The minimum Gasteiger partial charge on any atom is -0.463 e. The molecule has 1 aromatic heterocycles. The van der Waals surface area contributed by atoms with Gasteiger partial charge in [-0.15, -0.1) is 0 Å². The Bertz CT molecular complexity index is 981. The Morgan fingerprint density at radius 2 is 1.68 bits per heavy atom. The molecule has 0 aliphatic rings. The number of carbonyl (C=O) groups excluding carboxylic acids is 2. The van der Waals surface area contributed by atoms with E-state index >= 15 is 0 Å². The van der Waals surface area contributed by atoms with E-state index in [0.717, 1.165) is 12.2 Å². The third-order valence-electron chi connectivity index (χ3n) is 3.30. The maximum atomic E-state index is 12.5. The Balaban J connectivity index is 2.06. The summed E-state index contributed by atoms with van der Waals surface area (Å²) in [6.07, 6.45) is 2.03. The van der Waals surface area contributed by atoms with Crippen LogP contribution in [0, 0.1) is 13.8 Å². The Morgan fingerprint density at radius 3 is 2.25 bits per heavy atom. The van der Waals surface area contributed by atoms with Gasteiger partial charge < -0.3 is 10.1 Å². The van der Waals surface area contributed by atoms with Gasteiger partial charge in [-0.1, -0.05) is 0 Å². The number of amides is 1. The highest BCUT2D eigenvalue weighted by Gasteiger charge is 2.16. The lowest BCUT2D eigenvalue weighted by Crippen LogP contribution is -2.16. The number of nitrogens with zero attached hydrogens (tertiary/aromatic N) is 2. The minimum atomic E-state index is -3.88. The molecule has 0 saturated carbocycles. The van der Waals surface area contributed by atoms with E-state index in [2.05, 4.69) is 24.7 Å². The summed E-state index contributed by atoms with van der Waals surface area (Å²) in [6, 6.07) is 7.23. The van der Waals surface area contributed by atoms with Gasteiger partial charge in [0.2, 0.25) is 11.9 Å². The lowest BCUT2D eigenvalue weighted by Gasteiger charge is -2.09. The molecule has 0 unspecified atom stereocenters. The first-order valence-electron chi connectivity index (χ1n) is 8.30. The zero-order chi connectivity index (χ0) is 20.7. The normalized spacial score (nSPS) is 11.2. The van der Waals surface area contributed by atoms with Crippen molar-refractivity contribution in [3.05, 3.63) is 53.9 Å². The van der Waals surface area contributed by atoms with E-state index in [9.17, 15) is 18.0 Å². The van der Waals surface area contributed by atoms with E-state index in [1.165, 1.54) is 24.3 Å². The highest BCUT2D eigenvalue weighted by molar-refractivity contribution is 7.92. The van der Waals surface area contributed by atoms with Gasteiger partial charge in [-0.05, 0) is 51.1 Å². The average molecular weight is 404 g/mol. The maximum Gasteiger partial charge on any atom is 0.330 e. The summed E-state index contributed by atoms with van der Waals surface area (Å²) in [5.74, 6) is -1.19. The van der Waals surface area contributed by atoms with Crippen LogP contribution >= 0.6 is 0 Å². The van der Waals surface area contributed by atoms with Crippen molar-refractivity contribution in [1.82, 2.24) is 9.97 Å². The number of ether oxygens (including phenoxy) is 1. The fraction of sp³-hybridized carbons (Fsp3) is 0.222. The van der Waals surface area contributed by atoms with Gasteiger partial charge in [-0.3, -0.25) is 4.79 Å². The number of anilines is 2. The Labute approximate surface area is 162 Å². The van der Waals surface area contributed by atoms with Crippen molar-refractivity contribution in [1.29, 1.82) is 0 Å². The second kappa shape index (κ2) is 9.09. The Kier molecular flexibility index (Phi) is 6.83. The van der Waals surface area contributed by atoms with Crippen molar-refractivity contribution in [2.24, 2.45) is 0 Å². The number of aryl methyl sites for hydroxylation is 2. The molecule has 0 fully saturated rings. The standard InChI is InChI=1S/C18H20N4O5S/c1-4-27-17(24)10-9-16(23)21-14-5-7-15(8-6-14)28(25,26)22-18-19-12(2)11-13(3)20-18/h5-11H,4H2,1-3H3,(H,21,23)(H,19,20,22). The molecule has 1 aromatic carbocycles. The van der Waals surface area contributed by atoms with Crippen molar-refractivity contribution in [2.75, 3.05) is 16.6 Å². The number of hydrogen-bond donors (Lipinski definition) is 2. The fourth-order valence-electron chi connectivity index (χ4n) is 2.19. The zero-order valence-corrected chi connectivity index (χ0v) is 16.4. The summed E-state index contributed by atoms with van der Waals surface area (Å²) in [6.45, 7) is 5.34. The molecule has 0 radical (unpaired) electrons. The fourth-order valence-corrected chi connectivity index (χ4v) is 3.13. The van der Waals surface area contributed by atoms with Gasteiger partial charge in [-0.25, -0.2) is 27.9 Å². The predicted molar refractivity (Wildman–Crippen MR) is 103 cm³/mol. The van der Waals surface area contributed by atoms with E-state index in [4.69, 9.17) is 0 Å². The summed E-state index contributed by atoms with van der Waals surface area (Å²) in [5, 5.41) is 2.51. The number of benzene rings is 1. The van der Waals surface area contributed by atoms with Crippen LogP contribution in [0.5, 0.6) is 0 Å². The van der Waals surface area contributed by atoms with Crippen LogP contribution in [0.4, 0.5) is 11.6 Å². The molecule has 0 bridgehead atoms. The second-order valence-corrected chi connectivity index (χ2v) is 7.36. The maximum absolute atomic E-state index is 12.5. The summed E-state index contributed by atoms with van der Waals surface area (Å²) < 4.78 is 31.9. The number of sulfonamides is 1. The van der Waals surface area contributed by atoms with Gasteiger partial charge in [0.1, 0.15) is 0 Å². The van der Waals surface area contributed by atoms with Crippen LogP contribution in [-0.4, -0.2) is 36.9 Å². The number of hydrogen-bond acceptors (Lipinski definition) is 7. The van der Waals surface area contributed by atoms with Crippen LogP contribution in [0.25, 0.3) is 0 Å². The van der Waals surface area contributed by atoms with E-state index in [1.807, 2.05) is 0 Å². The molecular weight excluding hydrogens is 384 g/mol. The van der Waals surface area contributed by atoms with E-state index in [1.54, 1.807) is 26.8 Å². The molecule has 0 saturated heterocycles. The van der Waals surface area contributed by atoms with Gasteiger partial charge in [-0.2, -0.15) is 0 Å². The highest BCUT2D eigenvalue weighted by atomic mass is 32.2. The van der Waals surface area contributed by atoms with Gasteiger partial charge in [0, 0.05) is 29.2 Å². The molecule has 10 heteroatoms. The Morgan fingerprint density at radius 1 is 1.07 bits per heavy atom. The molecule has 0 aliphatic heterocycles. The van der Waals surface area contributed by atoms with Crippen LogP contribution in [0.2, 0.25) is 0 Å². The summed E-state index contributed by atoms with van der Waals surface area (Å²) in [5.41, 5.74) is 1.64. The van der Waals surface area contributed by atoms with E-state index < -0.39 is 21.9 Å². The van der Waals surface area contributed by atoms with E-state index in [-0.39, 0.29) is 17.5 Å². The lowest BCUT2D eigenvalue weighted by atomic mass is 10.3. The summed E-state index contributed by atoms with van der Waals surface area (Å²) in [7, 11) is -3.88. The van der Waals surface area contributed by atoms with Crippen molar-refractivity contribution in [3.63, 3.8) is 0 Å². The molecule has 2 rings (SSSR count). The predicted octanol–water partition coefficient (Wildman–Crippen LogP) is 1.95. The Hall–Kier alpha value is -3.27. The highest BCUT2D eigenvalue weighted by Crippen LogP contribution is 2.17. The van der Waals surface area contributed by atoms with Gasteiger partial charge in [0.05, 0.1) is 11.5 Å². The van der Waals surface area contributed by atoms with Crippen LogP contribution in [-0.2, 0) is 24.3 Å². The van der Waals surface area contributed by atoms with Crippen LogP contribution in [0.3, 0.4) is 0 Å². The molecule has 9 nitrogen and oxygen atoms in total. The number of rotatable bonds is 7. The quantitative estimate of drug-likeness (QED) is 0.533. The molecule has 0 atom stereocenters. The molecule has 2 aromatic rings. The summed E-state index contributed by atoms with van der Waals surface area (Å²) in [4.78, 5) is 31.0. The number of nitrogens with one attached hydrogen (secondary N) is 2. The third-order valence-corrected chi connectivity index (χ3v) is 4.64. The number of esters is 1. The second-order valence-electron chi connectivity index (χ2n) is 5.68. The molecule has 28 heavy (non-hydrogen) atoms. The minimum absolute atomic E-state index is 0.0148. The summed E-state index contributed by atoms with van der Waals surface area (Å²) >= 11 is 0. The monoisotopic (exact) mass is 404 g/mol. The van der Waals surface area contributed by atoms with Gasteiger partial charge >= 0.3 is 5.97 Å². The first-order valence-corrected chi connectivity index (χ1v) is 9.79. The van der Waals surface area contributed by atoms with Gasteiger partial charge in [0.15, 0.2) is 0 Å². The molecule has 0 aliphatic carbocycles. The number of carbonyl (C=O) groups is 2. The molecule has 1 amide bonds. The molecule has 0 spiro atoms. The first kappa shape index (κ1) is 21.0. The van der Waals surface area contributed by atoms with Crippen molar-refractivity contribution >= 4 is 33.5 Å². The van der Waals surface area contributed by atoms with Crippen molar-refractivity contribution in [3.8, 4) is 0 Å². The van der Waals surface area contributed by atoms with Crippen molar-refractivity contribution < 1.29 is 22.7 Å². The van der Waals surface area contributed by atoms with Crippen molar-refractivity contribution in [2.45, 2.75) is 25.7 Å². The molecule has 148 valence electrons. The third kappa shape index (κ3) is 6.16. The first-order chi connectivity index (χ1) is 13.2. The van der Waals surface area contributed by atoms with E-state index in [0.29, 0.717) is 17.1 Å². The molecule has 2 N–H and O–H groups in total. The zero-order valence-electron chi connectivity index (χ0n) is 15.6. The van der Waals surface area contributed by atoms with Crippen LogP contribution in [0.1, 0.15) is 18.3 Å². The smallest absolute Gasteiger partial charge is 0.330 e. The van der Waals surface area contributed by atoms with Gasteiger partial charge in [0.25, 0.3) is 10.0 Å². The largest absolute Gasteiger partial charge is 0.463 e. The average Bonchev–Trinajstić information content (AvgIpc) is 2.59. The SMILES string of the molecule is CCOC(=O)C=CC(=O)Nc1ccc(S(=O)(=O)Nc2nc(C)cc(C)n2)cc1. The van der Waals surface area contributed by atoms with Crippen LogP contribution < -0.4 is 10.0 Å². The molecule has 1 heterocycles. The van der Waals surface area contributed by atoms with Crippen LogP contribution in [0.15, 0.2) is 47.4 Å². The topological polar surface area (TPSA) is 127 Å². The molecular formula is C18H20N4O5S.